The van der Waals surface area contributed by atoms with Crippen LogP contribution in [0.1, 0.15) is 5.56 Å². The van der Waals surface area contributed by atoms with Gasteiger partial charge in [0.2, 0.25) is 0 Å². The summed E-state index contributed by atoms with van der Waals surface area (Å²) >= 11 is 5.96. The number of benzene rings is 2. The molecule has 0 atom stereocenters. The van der Waals surface area contributed by atoms with Gasteiger partial charge in [-0.2, -0.15) is 0 Å². The molecule has 0 aromatic heterocycles. The van der Waals surface area contributed by atoms with E-state index in [2.05, 4.69) is 0 Å². The molecule has 0 spiro atoms. The third-order valence-corrected chi connectivity index (χ3v) is 2.88. The Morgan fingerprint density at radius 3 is 2.42 bits per heavy atom. The molecule has 0 bridgehead atoms. The fourth-order valence-corrected chi connectivity index (χ4v) is 1.74. The maximum absolute atomic E-state index is 13.4. The van der Waals surface area contributed by atoms with Gasteiger partial charge in [0, 0.05) is 16.7 Å². The Morgan fingerprint density at radius 2 is 1.74 bits per heavy atom. The number of nitrogens with two attached hydrogens (primary N) is 2. The van der Waals surface area contributed by atoms with Gasteiger partial charge in [-0.1, -0.05) is 11.6 Å². The highest BCUT2D eigenvalue weighted by Crippen LogP contribution is 2.27. The summed E-state index contributed by atoms with van der Waals surface area (Å²) in [6.07, 6.45) is 0. The summed E-state index contributed by atoms with van der Waals surface area (Å²) in [5.41, 5.74) is 12.5. The lowest BCUT2D eigenvalue weighted by molar-refractivity contribution is 0.289. The van der Waals surface area contributed by atoms with Crippen molar-refractivity contribution in [2.45, 2.75) is 6.61 Å². The normalized spacial score (nSPS) is 10.5. The summed E-state index contributed by atoms with van der Waals surface area (Å²) in [7, 11) is 0. The van der Waals surface area contributed by atoms with Crippen LogP contribution in [0.3, 0.4) is 0 Å². The summed E-state index contributed by atoms with van der Waals surface area (Å²) in [5, 5.41) is 0.370. The summed E-state index contributed by atoms with van der Waals surface area (Å²) in [6.45, 7) is 0.00582. The molecule has 0 aliphatic rings. The first-order valence-electron chi connectivity index (χ1n) is 5.38. The molecular formula is C13H11ClF2N2O. The van der Waals surface area contributed by atoms with Crippen molar-refractivity contribution in [1.82, 2.24) is 0 Å². The summed E-state index contributed by atoms with van der Waals surface area (Å²) < 4.78 is 31.3. The van der Waals surface area contributed by atoms with E-state index in [-0.39, 0.29) is 12.4 Å². The second kappa shape index (κ2) is 5.32. The van der Waals surface area contributed by atoms with E-state index >= 15 is 0 Å². The van der Waals surface area contributed by atoms with Crippen LogP contribution in [0.5, 0.6) is 5.75 Å². The highest BCUT2D eigenvalue weighted by molar-refractivity contribution is 6.31. The fraction of sp³-hybridized carbons (Fsp3) is 0.0769. The molecule has 100 valence electrons. The zero-order valence-electron chi connectivity index (χ0n) is 9.79. The van der Waals surface area contributed by atoms with Crippen LogP contribution < -0.4 is 16.2 Å². The standard InChI is InChI=1S/C13H11ClF2N2O/c14-9-5-12(18)11(17)3-7(9)6-19-13-2-1-8(15)4-10(13)16/h1-5H,6,17-18H2. The van der Waals surface area contributed by atoms with Gasteiger partial charge in [-0.25, -0.2) is 8.78 Å². The van der Waals surface area contributed by atoms with E-state index in [0.29, 0.717) is 22.0 Å². The Kier molecular flexibility index (Phi) is 3.76. The van der Waals surface area contributed by atoms with Crippen LogP contribution in [-0.2, 0) is 6.61 Å². The number of hydrogen-bond donors (Lipinski definition) is 2. The predicted molar refractivity (Wildman–Crippen MR) is 71.0 cm³/mol. The quantitative estimate of drug-likeness (QED) is 0.850. The maximum atomic E-state index is 13.4. The molecule has 2 rings (SSSR count). The molecule has 0 fully saturated rings. The molecule has 2 aromatic rings. The van der Waals surface area contributed by atoms with Crippen molar-refractivity contribution in [3.8, 4) is 5.75 Å². The topological polar surface area (TPSA) is 61.3 Å². The highest BCUT2D eigenvalue weighted by Gasteiger charge is 2.08. The smallest absolute Gasteiger partial charge is 0.167 e. The Balaban J connectivity index is 2.16. The van der Waals surface area contributed by atoms with Crippen LogP contribution in [0.4, 0.5) is 20.2 Å². The third kappa shape index (κ3) is 3.06. The van der Waals surface area contributed by atoms with E-state index in [1.807, 2.05) is 0 Å². The third-order valence-electron chi connectivity index (χ3n) is 2.53. The molecule has 6 heteroatoms. The van der Waals surface area contributed by atoms with Crippen LogP contribution in [0.15, 0.2) is 30.3 Å². The van der Waals surface area contributed by atoms with Crippen molar-refractivity contribution in [2.24, 2.45) is 0 Å². The second-order valence-corrected chi connectivity index (χ2v) is 4.34. The number of halogens is 3. The second-order valence-electron chi connectivity index (χ2n) is 3.94. The van der Waals surface area contributed by atoms with E-state index in [0.717, 1.165) is 12.1 Å². The van der Waals surface area contributed by atoms with Crippen LogP contribution in [0, 0.1) is 11.6 Å². The zero-order chi connectivity index (χ0) is 14.0. The van der Waals surface area contributed by atoms with E-state index in [1.165, 1.54) is 12.1 Å². The maximum Gasteiger partial charge on any atom is 0.167 e. The molecule has 0 amide bonds. The number of rotatable bonds is 3. The summed E-state index contributed by atoms with van der Waals surface area (Å²) in [6, 6.07) is 6.11. The number of ether oxygens (including phenoxy) is 1. The molecule has 2 aromatic carbocycles. The fourth-order valence-electron chi connectivity index (χ4n) is 1.51. The first kappa shape index (κ1) is 13.4. The Hall–Kier alpha value is -2.01. The van der Waals surface area contributed by atoms with Gasteiger partial charge < -0.3 is 16.2 Å². The molecule has 4 N–H and O–H groups in total. The average Bonchev–Trinajstić information content (AvgIpc) is 2.34. The van der Waals surface area contributed by atoms with E-state index < -0.39 is 11.6 Å². The first-order valence-corrected chi connectivity index (χ1v) is 5.76. The number of hydrogen-bond acceptors (Lipinski definition) is 3. The van der Waals surface area contributed by atoms with Gasteiger partial charge >= 0.3 is 0 Å². The van der Waals surface area contributed by atoms with Crippen molar-refractivity contribution in [2.75, 3.05) is 11.5 Å². The highest BCUT2D eigenvalue weighted by atomic mass is 35.5. The minimum atomic E-state index is -0.778. The van der Waals surface area contributed by atoms with Crippen molar-refractivity contribution in [3.63, 3.8) is 0 Å². The lowest BCUT2D eigenvalue weighted by atomic mass is 10.2. The lowest BCUT2D eigenvalue weighted by Gasteiger charge is -2.10. The van der Waals surface area contributed by atoms with Crippen LogP contribution in [0.25, 0.3) is 0 Å². The van der Waals surface area contributed by atoms with Gasteiger partial charge in [0.25, 0.3) is 0 Å². The van der Waals surface area contributed by atoms with Gasteiger partial charge in [0.1, 0.15) is 12.4 Å². The van der Waals surface area contributed by atoms with Crippen LogP contribution >= 0.6 is 11.6 Å². The molecule has 0 unspecified atom stereocenters. The molecule has 0 aliphatic heterocycles. The molecular weight excluding hydrogens is 274 g/mol. The molecule has 0 aliphatic carbocycles. The van der Waals surface area contributed by atoms with Gasteiger partial charge in [-0.05, 0) is 24.3 Å². The lowest BCUT2D eigenvalue weighted by Crippen LogP contribution is -2.02. The monoisotopic (exact) mass is 284 g/mol. The summed E-state index contributed by atoms with van der Waals surface area (Å²) in [5.74, 6) is -1.51. The van der Waals surface area contributed by atoms with Crippen molar-refractivity contribution in [3.05, 3.63) is 52.6 Å². The van der Waals surface area contributed by atoms with Gasteiger partial charge in [-0.15, -0.1) is 0 Å². The molecule has 0 saturated carbocycles. The van der Waals surface area contributed by atoms with Gasteiger partial charge in [0.15, 0.2) is 11.6 Å². The van der Waals surface area contributed by atoms with E-state index in [9.17, 15) is 8.78 Å². The average molecular weight is 285 g/mol. The van der Waals surface area contributed by atoms with E-state index in [1.54, 1.807) is 6.07 Å². The van der Waals surface area contributed by atoms with E-state index in [4.69, 9.17) is 27.8 Å². The SMILES string of the molecule is Nc1cc(Cl)c(COc2ccc(F)cc2F)cc1N. The summed E-state index contributed by atoms with van der Waals surface area (Å²) in [4.78, 5) is 0. The molecule has 3 nitrogen and oxygen atoms in total. The minimum absolute atomic E-state index is 0.00582. The Bertz CT molecular complexity index is 620. The van der Waals surface area contributed by atoms with Gasteiger partial charge in [0.05, 0.1) is 11.4 Å². The Labute approximate surface area is 113 Å². The largest absolute Gasteiger partial charge is 0.486 e. The predicted octanol–water partition coefficient (Wildman–Crippen LogP) is 3.36. The van der Waals surface area contributed by atoms with Crippen molar-refractivity contribution < 1.29 is 13.5 Å². The van der Waals surface area contributed by atoms with Crippen molar-refractivity contribution >= 4 is 23.0 Å². The first-order chi connectivity index (χ1) is 8.97. The molecule has 0 radical (unpaired) electrons. The van der Waals surface area contributed by atoms with Crippen molar-refractivity contribution in [1.29, 1.82) is 0 Å². The molecule has 0 heterocycles. The number of nitrogen functional groups attached to an aromatic ring is 2. The zero-order valence-corrected chi connectivity index (χ0v) is 10.5. The van der Waals surface area contributed by atoms with Gasteiger partial charge in [-0.3, -0.25) is 0 Å². The van der Waals surface area contributed by atoms with Crippen LogP contribution in [-0.4, -0.2) is 0 Å². The van der Waals surface area contributed by atoms with Crippen LogP contribution in [0.2, 0.25) is 5.02 Å². The molecule has 19 heavy (non-hydrogen) atoms. The Morgan fingerprint density at radius 1 is 1.05 bits per heavy atom. The number of anilines is 2. The molecule has 0 saturated heterocycles. The minimum Gasteiger partial charge on any atom is -0.486 e.